The molecule has 0 fully saturated rings. The van der Waals surface area contributed by atoms with Gasteiger partial charge in [0.1, 0.15) is 0 Å². The first-order valence-corrected chi connectivity index (χ1v) is 19.8. The third kappa shape index (κ3) is 5.73. The zero-order valence-electron chi connectivity index (χ0n) is 10.2. The maximum absolute atomic E-state index is 2.50. The SMILES string of the molecule is C[CH2][Sn]([CH2]C)([CH2]C)[S]C[Si](C)(C)C. The monoisotopic (exact) mass is 326 g/mol. The van der Waals surface area contributed by atoms with Crippen LogP contribution in [0.2, 0.25) is 33.0 Å². The molecule has 0 nitrogen and oxygen atoms in total. The summed E-state index contributed by atoms with van der Waals surface area (Å²) in [5.41, 5.74) is 0. The zero-order chi connectivity index (χ0) is 10.5. The summed E-state index contributed by atoms with van der Waals surface area (Å²) in [6.07, 6.45) is 0. The number of hydrogen-bond donors (Lipinski definition) is 0. The van der Waals surface area contributed by atoms with Gasteiger partial charge in [-0.05, 0) is 0 Å². The second-order valence-electron chi connectivity index (χ2n) is 5.09. The fourth-order valence-electron chi connectivity index (χ4n) is 1.43. The molecule has 0 unspecified atom stereocenters. The van der Waals surface area contributed by atoms with Crippen LogP contribution in [0.5, 0.6) is 0 Å². The standard InChI is InChI=1S/C4H12SSi.3C2H5.Sn/c1-6(2,3)4-5;3*1-2;/h5H,4H2,1-3H3;3*1H2,2H3;/q;;;;+1/p-1. The molecular formula is C10H26SSiSn. The van der Waals surface area contributed by atoms with Gasteiger partial charge in [0.05, 0.1) is 0 Å². The third-order valence-electron chi connectivity index (χ3n) is 2.74. The Labute approximate surface area is 92.6 Å². The Morgan fingerprint density at radius 1 is 0.923 bits per heavy atom. The van der Waals surface area contributed by atoms with Gasteiger partial charge in [-0.2, -0.15) is 0 Å². The second-order valence-corrected chi connectivity index (χ2v) is 32.7. The van der Waals surface area contributed by atoms with Crippen LogP contribution in [0.4, 0.5) is 0 Å². The van der Waals surface area contributed by atoms with Crippen LogP contribution in [-0.4, -0.2) is 30.4 Å². The topological polar surface area (TPSA) is 0 Å². The average molecular weight is 325 g/mol. The van der Waals surface area contributed by atoms with Crippen molar-refractivity contribution in [1.29, 1.82) is 0 Å². The summed E-state index contributed by atoms with van der Waals surface area (Å²) in [5, 5.41) is 1.51. The van der Waals surface area contributed by atoms with E-state index >= 15 is 0 Å². The van der Waals surface area contributed by atoms with Crippen LogP contribution >= 0.6 is 8.95 Å². The summed E-state index contributed by atoms with van der Waals surface area (Å²) < 4.78 is 4.62. The Kier molecular flexibility index (Phi) is 6.70. The van der Waals surface area contributed by atoms with E-state index in [2.05, 4.69) is 49.4 Å². The van der Waals surface area contributed by atoms with E-state index in [0.717, 1.165) is 0 Å². The minimum atomic E-state index is -1.62. The molecule has 0 aromatic rings. The van der Waals surface area contributed by atoms with Crippen molar-refractivity contribution in [3.8, 4) is 0 Å². The molecule has 0 aromatic carbocycles. The molecule has 0 N–H and O–H groups in total. The molecule has 0 spiro atoms. The van der Waals surface area contributed by atoms with Crippen LogP contribution in [0, 0.1) is 0 Å². The van der Waals surface area contributed by atoms with Crippen molar-refractivity contribution in [3.05, 3.63) is 0 Å². The van der Waals surface area contributed by atoms with Crippen molar-refractivity contribution in [2.24, 2.45) is 0 Å². The Balaban J connectivity index is 4.11. The molecule has 0 amide bonds. The van der Waals surface area contributed by atoms with Crippen LogP contribution < -0.4 is 0 Å². The van der Waals surface area contributed by atoms with E-state index in [0.29, 0.717) is 0 Å². The van der Waals surface area contributed by atoms with Crippen molar-refractivity contribution >= 4 is 34.0 Å². The first-order valence-electron chi connectivity index (χ1n) is 5.53. The van der Waals surface area contributed by atoms with Crippen LogP contribution in [-0.2, 0) is 0 Å². The van der Waals surface area contributed by atoms with Crippen LogP contribution in [0.25, 0.3) is 0 Å². The van der Waals surface area contributed by atoms with Crippen LogP contribution in [0.15, 0.2) is 0 Å². The summed E-state index contributed by atoms with van der Waals surface area (Å²) in [6.45, 7) is 14.8. The third-order valence-corrected chi connectivity index (χ3v) is 33.2. The summed E-state index contributed by atoms with van der Waals surface area (Å²) in [5.74, 6) is 0. The van der Waals surface area contributed by atoms with Gasteiger partial charge in [0.2, 0.25) is 0 Å². The predicted molar refractivity (Wildman–Crippen MR) is 73.0 cm³/mol. The molecule has 0 saturated carbocycles. The van der Waals surface area contributed by atoms with Gasteiger partial charge < -0.3 is 0 Å². The molecule has 0 rings (SSSR count). The summed E-state index contributed by atoms with van der Waals surface area (Å²) in [6, 6.07) is 0. The van der Waals surface area contributed by atoms with E-state index < -0.39 is 25.1 Å². The Morgan fingerprint density at radius 2 is 1.31 bits per heavy atom. The molecular weight excluding hydrogens is 299 g/mol. The predicted octanol–water partition coefficient (Wildman–Crippen LogP) is 4.60. The van der Waals surface area contributed by atoms with E-state index in [-0.39, 0.29) is 0 Å². The van der Waals surface area contributed by atoms with Gasteiger partial charge in [-0.25, -0.2) is 0 Å². The molecule has 0 aliphatic heterocycles. The van der Waals surface area contributed by atoms with Crippen molar-refractivity contribution in [1.82, 2.24) is 0 Å². The van der Waals surface area contributed by atoms with Gasteiger partial charge in [0.15, 0.2) is 0 Å². The quantitative estimate of drug-likeness (QED) is 0.643. The van der Waals surface area contributed by atoms with Gasteiger partial charge in [0.25, 0.3) is 0 Å². The summed E-state index contributed by atoms with van der Waals surface area (Å²) in [7, 11) is 1.65. The van der Waals surface area contributed by atoms with Crippen molar-refractivity contribution < 1.29 is 0 Å². The van der Waals surface area contributed by atoms with Gasteiger partial charge >= 0.3 is 93.1 Å². The first-order chi connectivity index (χ1) is 5.89. The fourth-order valence-corrected chi connectivity index (χ4v) is 33.5. The summed E-state index contributed by atoms with van der Waals surface area (Å²) >= 11 is -1.62. The fraction of sp³-hybridized carbons (Fsp3) is 1.00. The normalized spacial score (nSPS) is 13.4. The van der Waals surface area contributed by atoms with E-state index in [1.54, 1.807) is 0 Å². The molecule has 0 atom stereocenters. The van der Waals surface area contributed by atoms with Crippen molar-refractivity contribution in [2.75, 3.05) is 5.38 Å². The maximum atomic E-state index is 2.50. The molecule has 0 aliphatic carbocycles. The van der Waals surface area contributed by atoms with E-state index in [1.807, 2.05) is 0 Å². The first kappa shape index (κ1) is 14.4. The average Bonchev–Trinajstić information content (AvgIpc) is 2.06. The molecule has 0 aliphatic rings. The second kappa shape index (κ2) is 6.06. The Morgan fingerprint density at radius 3 is 1.54 bits per heavy atom. The molecule has 0 saturated heterocycles. The minimum absolute atomic E-state index is 0.800. The van der Waals surface area contributed by atoms with E-state index in [1.165, 1.54) is 18.7 Å². The molecule has 3 heteroatoms. The van der Waals surface area contributed by atoms with Gasteiger partial charge in [-0.15, -0.1) is 0 Å². The Bertz CT molecular complexity index is 130. The molecule has 0 aromatic heterocycles. The zero-order valence-corrected chi connectivity index (χ0v) is 14.9. The molecule has 0 bridgehead atoms. The summed E-state index contributed by atoms with van der Waals surface area (Å²) in [4.78, 5) is 0. The van der Waals surface area contributed by atoms with Crippen LogP contribution in [0.1, 0.15) is 20.8 Å². The number of hydrogen-bond acceptors (Lipinski definition) is 1. The van der Waals surface area contributed by atoms with Crippen molar-refractivity contribution in [3.63, 3.8) is 0 Å². The van der Waals surface area contributed by atoms with Crippen LogP contribution in [0.3, 0.4) is 0 Å². The van der Waals surface area contributed by atoms with Gasteiger partial charge in [-0.3, -0.25) is 0 Å². The molecule has 0 radical (unpaired) electrons. The molecule has 80 valence electrons. The Hall–Kier alpha value is 1.37. The number of rotatable bonds is 6. The molecule has 13 heavy (non-hydrogen) atoms. The van der Waals surface area contributed by atoms with Gasteiger partial charge in [0, 0.05) is 0 Å². The van der Waals surface area contributed by atoms with E-state index in [9.17, 15) is 0 Å². The van der Waals surface area contributed by atoms with Gasteiger partial charge in [-0.1, -0.05) is 0 Å². The van der Waals surface area contributed by atoms with E-state index in [4.69, 9.17) is 0 Å². The molecule has 0 heterocycles. The van der Waals surface area contributed by atoms with Crippen molar-refractivity contribution in [2.45, 2.75) is 53.7 Å².